The summed E-state index contributed by atoms with van der Waals surface area (Å²) in [5.74, 6) is -1.02. The molecule has 0 heterocycles. The van der Waals surface area contributed by atoms with Crippen molar-refractivity contribution < 1.29 is 14.7 Å². The Morgan fingerprint density at radius 2 is 2.06 bits per heavy atom. The maximum Gasteiger partial charge on any atom is 0.306 e. The first-order chi connectivity index (χ1) is 8.47. The second-order valence-electron chi connectivity index (χ2n) is 5.47. The minimum absolute atomic E-state index is 0.0523. The lowest BCUT2D eigenvalue weighted by atomic mass is 9.93. The second-order valence-corrected chi connectivity index (χ2v) is 5.47. The van der Waals surface area contributed by atoms with Gasteiger partial charge in [0.15, 0.2) is 0 Å². The molecule has 1 rings (SSSR count). The molecule has 1 fully saturated rings. The van der Waals surface area contributed by atoms with Gasteiger partial charge < -0.3 is 16.2 Å². The van der Waals surface area contributed by atoms with E-state index in [2.05, 4.69) is 5.32 Å². The maximum atomic E-state index is 11.9. The van der Waals surface area contributed by atoms with Gasteiger partial charge in [-0.15, -0.1) is 0 Å². The zero-order valence-electron chi connectivity index (χ0n) is 11.2. The van der Waals surface area contributed by atoms with Crippen LogP contribution in [0, 0.1) is 23.7 Å². The third-order valence-electron chi connectivity index (χ3n) is 3.91. The summed E-state index contributed by atoms with van der Waals surface area (Å²) in [4.78, 5) is 22.9. The number of carboxylic acid groups (broad SMARTS) is 1. The molecule has 0 bridgehead atoms. The van der Waals surface area contributed by atoms with Crippen LogP contribution in [0.5, 0.6) is 0 Å². The first-order valence-electron chi connectivity index (χ1n) is 6.68. The van der Waals surface area contributed by atoms with Crippen LogP contribution in [0.25, 0.3) is 0 Å². The number of hydrogen-bond acceptors (Lipinski definition) is 3. The Balaban J connectivity index is 2.44. The van der Waals surface area contributed by atoms with E-state index in [1.807, 2.05) is 13.8 Å². The average Bonchev–Trinajstić information content (AvgIpc) is 2.74. The summed E-state index contributed by atoms with van der Waals surface area (Å²) in [5.41, 5.74) is 5.58. The molecule has 3 unspecified atom stereocenters. The molecule has 1 aliphatic carbocycles. The highest BCUT2D eigenvalue weighted by Crippen LogP contribution is 2.31. The molecule has 1 saturated carbocycles. The molecule has 18 heavy (non-hydrogen) atoms. The molecular weight excluding hydrogens is 232 g/mol. The number of rotatable bonds is 6. The quantitative estimate of drug-likeness (QED) is 0.656. The zero-order valence-corrected chi connectivity index (χ0v) is 11.2. The van der Waals surface area contributed by atoms with Gasteiger partial charge >= 0.3 is 5.97 Å². The van der Waals surface area contributed by atoms with E-state index in [0.29, 0.717) is 13.1 Å². The van der Waals surface area contributed by atoms with Gasteiger partial charge in [0.25, 0.3) is 0 Å². The van der Waals surface area contributed by atoms with E-state index in [1.165, 1.54) is 0 Å². The van der Waals surface area contributed by atoms with Crippen LogP contribution < -0.4 is 11.1 Å². The lowest BCUT2D eigenvalue weighted by Gasteiger charge is -2.21. The molecule has 4 N–H and O–H groups in total. The molecule has 0 saturated heterocycles. The molecule has 0 radical (unpaired) electrons. The second kappa shape index (κ2) is 6.73. The smallest absolute Gasteiger partial charge is 0.306 e. The molecule has 0 aromatic heterocycles. The van der Waals surface area contributed by atoms with Crippen molar-refractivity contribution in [1.82, 2.24) is 5.32 Å². The standard InChI is InChI=1S/C13H24N2O3/c1-8(2)11(6-14)12(16)15-7-9-4-3-5-10(9)13(17)18/h8-11H,3-7,14H2,1-2H3,(H,15,16)(H,17,18). The van der Waals surface area contributed by atoms with Crippen LogP contribution in [0.4, 0.5) is 0 Å². The van der Waals surface area contributed by atoms with Gasteiger partial charge in [0.05, 0.1) is 11.8 Å². The number of amides is 1. The van der Waals surface area contributed by atoms with E-state index >= 15 is 0 Å². The first kappa shape index (κ1) is 15.0. The predicted octanol–water partition coefficient (Wildman–Crippen LogP) is 0.834. The molecule has 5 nitrogen and oxygen atoms in total. The van der Waals surface area contributed by atoms with E-state index < -0.39 is 5.97 Å². The highest BCUT2D eigenvalue weighted by molar-refractivity contribution is 5.79. The summed E-state index contributed by atoms with van der Waals surface area (Å²) in [6.45, 7) is 4.72. The molecule has 0 aliphatic heterocycles. The van der Waals surface area contributed by atoms with Crippen molar-refractivity contribution in [3.05, 3.63) is 0 Å². The molecule has 1 amide bonds. The summed E-state index contributed by atoms with van der Waals surface area (Å²) >= 11 is 0. The van der Waals surface area contributed by atoms with Crippen LogP contribution in [0.15, 0.2) is 0 Å². The molecule has 0 spiro atoms. The lowest BCUT2D eigenvalue weighted by molar-refractivity contribution is -0.143. The van der Waals surface area contributed by atoms with Crippen LogP contribution in [0.3, 0.4) is 0 Å². The van der Waals surface area contributed by atoms with E-state index in [0.717, 1.165) is 19.3 Å². The fourth-order valence-corrected chi connectivity index (χ4v) is 2.65. The van der Waals surface area contributed by atoms with Crippen molar-refractivity contribution in [3.63, 3.8) is 0 Å². The predicted molar refractivity (Wildman–Crippen MR) is 68.9 cm³/mol. The summed E-state index contributed by atoms with van der Waals surface area (Å²) in [6.07, 6.45) is 2.54. The lowest BCUT2D eigenvalue weighted by Crippen LogP contribution is -2.41. The number of nitrogens with two attached hydrogens (primary N) is 1. The molecule has 104 valence electrons. The van der Waals surface area contributed by atoms with Gasteiger partial charge in [-0.05, 0) is 24.7 Å². The Morgan fingerprint density at radius 3 is 2.56 bits per heavy atom. The van der Waals surface area contributed by atoms with Crippen LogP contribution >= 0.6 is 0 Å². The number of nitrogens with one attached hydrogen (secondary N) is 1. The molecule has 0 aromatic rings. The minimum atomic E-state index is -0.744. The fraction of sp³-hybridized carbons (Fsp3) is 0.846. The third kappa shape index (κ3) is 3.70. The SMILES string of the molecule is CC(C)C(CN)C(=O)NCC1CCCC1C(=O)O. The van der Waals surface area contributed by atoms with Gasteiger partial charge in [-0.3, -0.25) is 9.59 Å². The van der Waals surface area contributed by atoms with Crippen molar-refractivity contribution in [2.24, 2.45) is 29.4 Å². The Hall–Kier alpha value is -1.10. The minimum Gasteiger partial charge on any atom is -0.481 e. The van der Waals surface area contributed by atoms with Crippen LogP contribution in [-0.2, 0) is 9.59 Å². The zero-order chi connectivity index (χ0) is 13.7. The van der Waals surface area contributed by atoms with E-state index in [-0.39, 0.29) is 29.6 Å². The molecular formula is C13H24N2O3. The molecule has 3 atom stereocenters. The van der Waals surface area contributed by atoms with Crippen LogP contribution in [0.1, 0.15) is 33.1 Å². The maximum absolute atomic E-state index is 11.9. The highest BCUT2D eigenvalue weighted by Gasteiger charge is 2.33. The fourth-order valence-electron chi connectivity index (χ4n) is 2.65. The Kier molecular flexibility index (Phi) is 5.59. The van der Waals surface area contributed by atoms with Crippen LogP contribution in [-0.4, -0.2) is 30.1 Å². The summed E-state index contributed by atoms with van der Waals surface area (Å²) in [7, 11) is 0. The number of carbonyl (C=O) groups is 2. The molecule has 5 heteroatoms. The van der Waals surface area contributed by atoms with E-state index in [9.17, 15) is 9.59 Å². The number of carbonyl (C=O) groups excluding carboxylic acids is 1. The van der Waals surface area contributed by atoms with E-state index in [1.54, 1.807) is 0 Å². The van der Waals surface area contributed by atoms with Crippen molar-refractivity contribution in [3.8, 4) is 0 Å². The van der Waals surface area contributed by atoms with Gasteiger partial charge in [-0.2, -0.15) is 0 Å². The topological polar surface area (TPSA) is 92.4 Å². The summed E-state index contributed by atoms with van der Waals surface area (Å²) in [5, 5.41) is 11.9. The van der Waals surface area contributed by atoms with Crippen molar-refractivity contribution in [2.45, 2.75) is 33.1 Å². The van der Waals surface area contributed by atoms with E-state index in [4.69, 9.17) is 10.8 Å². The summed E-state index contributed by atoms with van der Waals surface area (Å²) < 4.78 is 0. The van der Waals surface area contributed by atoms with Gasteiger partial charge in [0.2, 0.25) is 5.91 Å². The number of carboxylic acids is 1. The van der Waals surface area contributed by atoms with Gasteiger partial charge in [-0.1, -0.05) is 20.3 Å². The monoisotopic (exact) mass is 256 g/mol. The molecule has 0 aromatic carbocycles. The van der Waals surface area contributed by atoms with Crippen molar-refractivity contribution in [2.75, 3.05) is 13.1 Å². The average molecular weight is 256 g/mol. The van der Waals surface area contributed by atoms with Gasteiger partial charge in [-0.25, -0.2) is 0 Å². The van der Waals surface area contributed by atoms with Gasteiger partial charge in [0.1, 0.15) is 0 Å². The number of aliphatic carboxylic acids is 1. The molecule has 1 aliphatic rings. The third-order valence-corrected chi connectivity index (χ3v) is 3.91. The van der Waals surface area contributed by atoms with Crippen molar-refractivity contribution >= 4 is 11.9 Å². The van der Waals surface area contributed by atoms with Crippen LogP contribution in [0.2, 0.25) is 0 Å². The largest absolute Gasteiger partial charge is 0.481 e. The highest BCUT2D eigenvalue weighted by atomic mass is 16.4. The van der Waals surface area contributed by atoms with Gasteiger partial charge in [0, 0.05) is 13.1 Å². The first-order valence-corrected chi connectivity index (χ1v) is 6.68. The normalized spacial score (nSPS) is 25.1. The Bertz CT molecular complexity index is 305. The summed E-state index contributed by atoms with van der Waals surface area (Å²) in [6, 6.07) is 0. The number of hydrogen-bond donors (Lipinski definition) is 3. The Labute approximate surface area is 108 Å². The van der Waals surface area contributed by atoms with Crippen molar-refractivity contribution in [1.29, 1.82) is 0 Å². The Morgan fingerprint density at radius 1 is 1.39 bits per heavy atom.